The second-order valence-electron chi connectivity index (χ2n) is 4.84. The van der Waals surface area contributed by atoms with E-state index in [1.165, 1.54) is 5.69 Å². The first kappa shape index (κ1) is 12.6. The first-order valence-corrected chi connectivity index (χ1v) is 6.57. The SMILES string of the molecule is CCCNC(c1ccnn1C)C1CCOC1C. The van der Waals surface area contributed by atoms with Gasteiger partial charge in [-0.1, -0.05) is 6.92 Å². The van der Waals surface area contributed by atoms with Crippen LogP contribution in [0.1, 0.15) is 38.4 Å². The van der Waals surface area contributed by atoms with Gasteiger partial charge in [-0.15, -0.1) is 0 Å². The summed E-state index contributed by atoms with van der Waals surface area (Å²) in [7, 11) is 2.01. The normalized spacial score (nSPS) is 26.3. The lowest BCUT2D eigenvalue weighted by Gasteiger charge is -2.27. The van der Waals surface area contributed by atoms with Crippen LogP contribution in [-0.2, 0) is 11.8 Å². The maximum Gasteiger partial charge on any atom is 0.0594 e. The third-order valence-corrected chi connectivity index (χ3v) is 3.65. The maximum absolute atomic E-state index is 5.69. The van der Waals surface area contributed by atoms with Gasteiger partial charge >= 0.3 is 0 Å². The summed E-state index contributed by atoms with van der Waals surface area (Å²) in [6.07, 6.45) is 4.49. The van der Waals surface area contributed by atoms with E-state index in [4.69, 9.17) is 4.74 Å². The summed E-state index contributed by atoms with van der Waals surface area (Å²) >= 11 is 0. The van der Waals surface area contributed by atoms with E-state index >= 15 is 0 Å². The van der Waals surface area contributed by atoms with Gasteiger partial charge in [-0.25, -0.2) is 0 Å². The Bertz CT molecular complexity index is 350. The number of nitrogens with one attached hydrogen (secondary N) is 1. The van der Waals surface area contributed by atoms with Crippen molar-refractivity contribution in [3.8, 4) is 0 Å². The van der Waals surface area contributed by atoms with Crippen LogP contribution in [0.2, 0.25) is 0 Å². The van der Waals surface area contributed by atoms with Crippen molar-refractivity contribution >= 4 is 0 Å². The fourth-order valence-corrected chi connectivity index (χ4v) is 2.65. The Morgan fingerprint density at radius 2 is 2.47 bits per heavy atom. The minimum Gasteiger partial charge on any atom is -0.378 e. The van der Waals surface area contributed by atoms with Gasteiger partial charge in [0.15, 0.2) is 0 Å². The first-order chi connectivity index (χ1) is 8.24. The van der Waals surface area contributed by atoms with Gasteiger partial charge in [0, 0.05) is 25.8 Å². The molecular weight excluding hydrogens is 214 g/mol. The Morgan fingerprint density at radius 1 is 1.65 bits per heavy atom. The zero-order valence-electron chi connectivity index (χ0n) is 11.0. The number of ether oxygens (including phenoxy) is 1. The van der Waals surface area contributed by atoms with Crippen LogP contribution < -0.4 is 5.32 Å². The van der Waals surface area contributed by atoms with E-state index in [2.05, 4.69) is 30.3 Å². The van der Waals surface area contributed by atoms with Gasteiger partial charge in [0.25, 0.3) is 0 Å². The predicted octanol–water partition coefficient (Wildman–Crippen LogP) is 1.89. The molecule has 0 bridgehead atoms. The van der Waals surface area contributed by atoms with E-state index in [-0.39, 0.29) is 0 Å². The number of hydrogen-bond donors (Lipinski definition) is 1. The molecule has 2 heterocycles. The summed E-state index contributed by atoms with van der Waals surface area (Å²) < 4.78 is 7.67. The Labute approximate surface area is 103 Å². The fourth-order valence-electron chi connectivity index (χ4n) is 2.65. The average Bonchev–Trinajstić information content (AvgIpc) is 2.90. The van der Waals surface area contributed by atoms with Crippen LogP contribution in [-0.4, -0.2) is 29.0 Å². The molecule has 3 unspecified atom stereocenters. The molecular formula is C13H23N3O. The van der Waals surface area contributed by atoms with Gasteiger partial charge in [-0.3, -0.25) is 4.68 Å². The molecule has 0 radical (unpaired) electrons. The lowest BCUT2D eigenvalue weighted by Crippen LogP contribution is -2.33. The van der Waals surface area contributed by atoms with E-state index in [0.29, 0.717) is 18.1 Å². The molecule has 3 atom stereocenters. The van der Waals surface area contributed by atoms with Crippen LogP contribution >= 0.6 is 0 Å². The molecule has 4 nitrogen and oxygen atoms in total. The van der Waals surface area contributed by atoms with E-state index in [1.54, 1.807) is 0 Å². The number of aryl methyl sites for hydroxylation is 1. The van der Waals surface area contributed by atoms with Crippen molar-refractivity contribution in [1.29, 1.82) is 0 Å². The van der Waals surface area contributed by atoms with Crippen LogP contribution in [0.3, 0.4) is 0 Å². The second-order valence-corrected chi connectivity index (χ2v) is 4.84. The number of aromatic nitrogens is 2. The van der Waals surface area contributed by atoms with Crippen molar-refractivity contribution < 1.29 is 4.74 Å². The summed E-state index contributed by atoms with van der Waals surface area (Å²) in [5.74, 6) is 0.553. The lowest BCUT2D eigenvalue weighted by atomic mass is 9.91. The molecule has 96 valence electrons. The standard InChI is InChI=1S/C13H23N3O/c1-4-7-14-13(11-6-9-17-10(11)2)12-5-8-15-16(12)3/h5,8,10-11,13-14H,4,6-7,9H2,1-3H3. The van der Waals surface area contributed by atoms with E-state index < -0.39 is 0 Å². The monoisotopic (exact) mass is 237 g/mol. The van der Waals surface area contributed by atoms with E-state index in [0.717, 1.165) is 26.0 Å². The third-order valence-electron chi connectivity index (χ3n) is 3.65. The number of rotatable bonds is 5. The van der Waals surface area contributed by atoms with Crippen molar-refractivity contribution in [3.63, 3.8) is 0 Å². The van der Waals surface area contributed by atoms with E-state index in [9.17, 15) is 0 Å². The van der Waals surface area contributed by atoms with Gasteiger partial charge < -0.3 is 10.1 Å². The molecule has 1 saturated heterocycles. The average molecular weight is 237 g/mol. The van der Waals surface area contributed by atoms with Gasteiger partial charge in [-0.2, -0.15) is 5.10 Å². The molecule has 1 aromatic rings. The minimum atomic E-state index is 0.333. The van der Waals surface area contributed by atoms with Crippen LogP contribution in [0.25, 0.3) is 0 Å². The van der Waals surface area contributed by atoms with Crippen LogP contribution in [0, 0.1) is 5.92 Å². The van der Waals surface area contributed by atoms with Gasteiger partial charge in [0.05, 0.1) is 17.8 Å². The number of hydrogen-bond acceptors (Lipinski definition) is 3. The molecule has 1 aliphatic rings. The predicted molar refractivity (Wildman–Crippen MR) is 67.8 cm³/mol. The topological polar surface area (TPSA) is 39.1 Å². The molecule has 17 heavy (non-hydrogen) atoms. The molecule has 1 fully saturated rings. The van der Waals surface area contributed by atoms with Gasteiger partial charge in [0.1, 0.15) is 0 Å². The maximum atomic E-state index is 5.69. The zero-order chi connectivity index (χ0) is 12.3. The molecule has 2 rings (SSSR count). The molecule has 1 N–H and O–H groups in total. The number of nitrogens with zero attached hydrogens (tertiary/aromatic N) is 2. The highest BCUT2D eigenvalue weighted by atomic mass is 16.5. The molecule has 1 aliphatic heterocycles. The van der Waals surface area contributed by atoms with Crippen molar-refractivity contribution in [3.05, 3.63) is 18.0 Å². The Balaban J connectivity index is 2.15. The summed E-state index contributed by atoms with van der Waals surface area (Å²) in [6.45, 7) is 6.30. The summed E-state index contributed by atoms with van der Waals surface area (Å²) in [4.78, 5) is 0. The Kier molecular flexibility index (Phi) is 4.18. The van der Waals surface area contributed by atoms with Gasteiger partial charge in [0.2, 0.25) is 0 Å². The molecule has 0 saturated carbocycles. The molecule has 4 heteroatoms. The second kappa shape index (κ2) is 5.65. The summed E-state index contributed by atoms with van der Waals surface area (Å²) in [5.41, 5.74) is 1.26. The first-order valence-electron chi connectivity index (χ1n) is 6.57. The van der Waals surface area contributed by atoms with Gasteiger partial charge in [-0.05, 0) is 32.4 Å². The third kappa shape index (κ3) is 2.69. The highest BCUT2D eigenvalue weighted by Gasteiger charge is 2.33. The van der Waals surface area contributed by atoms with Crippen LogP contribution in [0.4, 0.5) is 0 Å². The Hall–Kier alpha value is -0.870. The van der Waals surface area contributed by atoms with Crippen molar-refractivity contribution in [2.45, 2.75) is 38.8 Å². The van der Waals surface area contributed by atoms with Crippen molar-refractivity contribution in [2.24, 2.45) is 13.0 Å². The summed E-state index contributed by atoms with van der Waals surface area (Å²) in [5, 5.41) is 7.92. The molecule has 0 amide bonds. The van der Waals surface area contributed by atoms with Crippen molar-refractivity contribution in [2.75, 3.05) is 13.2 Å². The Morgan fingerprint density at radius 3 is 3.00 bits per heavy atom. The van der Waals surface area contributed by atoms with Crippen LogP contribution in [0.5, 0.6) is 0 Å². The molecule has 0 spiro atoms. The quantitative estimate of drug-likeness (QED) is 0.850. The highest BCUT2D eigenvalue weighted by Crippen LogP contribution is 2.32. The van der Waals surface area contributed by atoms with Crippen LogP contribution in [0.15, 0.2) is 12.3 Å². The zero-order valence-corrected chi connectivity index (χ0v) is 11.0. The molecule has 0 aromatic carbocycles. The minimum absolute atomic E-state index is 0.333. The lowest BCUT2D eigenvalue weighted by molar-refractivity contribution is 0.0944. The highest BCUT2D eigenvalue weighted by molar-refractivity contribution is 5.09. The largest absolute Gasteiger partial charge is 0.378 e. The van der Waals surface area contributed by atoms with E-state index in [1.807, 2.05) is 17.9 Å². The fraction of sp³-hybridized carbons (Fsp3) is 0.769. The smallest absolute Gasteiger partial charge is 0.0594 e. The van der Waals surface area contributed by atoms with Crippen molar-refractivity contribution in [1.82, 2.24) is 15.1 Å². The summed E-state index contributed by atoms with van der Waals surface area (Å²) in [6, 6.07) is 2.47. The molecule has 0 aliphatic carbocycles. The molecule has 1 aromatic heterocycles.